The number of amides is 2. The van der Waals surface area contributed by atoms with E-state index in [0.717, 1.165) is 5.56 Å². The van der Waals surface area contributed by atoms with Crippen molar-refractivity contribution in [1.29, 1.82) is 0 Å². The Kier molecular flexibility index (Phi) is 9.64. The average Bonchev–Trinajstić information content (AvgIpc) is 3.20. The Bertz CT molecular complexity index is 1400. The van der Waals surface area contributed by atoms with Crippen molar-refractivity contribution >= 4 is 12.0 Å². The van der Waals surface area contributed by atoms with Crippen molar-refractivity contribution < 1.29 is 39.9 Å². The van der Waals surface area contributed by atoms with Crippen LogP contribution in [-0.2, 0) is 16.0 Å². The maximum atomic E-state index is 14.2. The Morgan fingerprint density at radius 1 is 0.907 bits per heavy atom. The number of fused-ring (bicyclic) bond motifs is 1. The van der Waals surface area contributed by atoms with Gasteiger partial charge in [0, 0.05) is 7.05 Å². The van der Waals surface area contributed by atoms with E-state index < -0.39 is 53.9 Å². The van der Waals surface area contributed by atoms with Crippen molar-refractivity contribution in [2.45, 2.75) is 75.5 Å². The number of phenols is 2. The molecule has 4 rings (SSSR count). The van der Waals surface area contributed by atoms with Crippen LogP contribution in [0.2, 0.25) is 0 Å². The number of ether oxygens (including phenoxy) is 1. The second-order valence-corrected chi connectivity index (χ2v) is 12.0. The predicted molar refractivity (Wildman–Crippen MR) is 159 cm³/mol. The zero-order valence-corrected chi connectivity index (χ0v) is 24.7. The van der Waals surface area contributed by atoms with Crippen LogP contribution in [0.4, 0.5) is 4.79 Å². The molecule has 1 aliphatic carbocycles. The maximum Gasteiger partial charge on any atom is 0.407 e. The summed E-state index contributed by atoms with van der Waals surface area (Å²) in [7, 11) is 1.54. The van der Waals surface area contributed by atoms with E-state index in [0.29, 0.717) is 16.7 Å². The topological polar surface area (TPSA) is 160 Å². The van der Waals surface area contributed by atoms with Gasteiger partial charge in [-0.15, -0.1) is 0 Å². The van der Waals surface area contributed by atoms with E-state index in [1.807, 2.05) is 0 Å². The van der Waals surface area contributed by atoms with Crippen molar-refractivity contribution in [2.75, 3.05) is 7.05 Å². The summed E-state index contributed by atoms with van der Waals surface area (Å²) >= 11 is 0. The Morgan fingerprint density at radius 2 is 1.47 bits per heavy atom. The van der Waals surface area contributed by atoms with Gasteiger partial charge in [0.25, 0.3) is 0 Å². The molecule has 0 bridgehead atoms. The minimum atomic E-state index is -1.26. The van der Waals surface area contributed by atoms with Gasteiger partial charge in [-0.3, -0.25) is 4.79 Å². The third-order valence-electron chi connectivity index (χ3n) is 7.67. The van der Waals surface area contributed by atoms with Crippen LogP contribution in [0, 0.1) is 0 Å². The molecule has 2 amide bonds. The smallest absolute Gasteiger partial charge is 0.407 e. The highest BCUT2D eigenvalue weighted by Crippen LogP contribution is 2.43. The largest absolute Gasteiger partial charge is 0.508 e. The molecule has 0 aromatic heterocycles. The second kappa shape index (κ2) is 13.0. The van der Waals surface area contributed by atoms with Crippen molar-refractivity contribution in [3.63, 3.8) is 0 Å². The van der Waals surface area contributed by atoms with Crippen molar-refractivity contribution in [3.05, 3.63) is 95.1 Å². The van der Waals surface area contributed by atoms with Gasteiger partial charge >= 0.3 is 6.09 Å². The van der Waals surface area contributed by atoms with Crippen LogP contribution in [-0.4, -0.2) is 73.3 Å². The lowest BCUT2D eigenvalue weighted by Crippen LogP contribution is -2.48. The van der Waals surface area contributed by atoms with Crippen LogP contribution in [0.1, 0.15) is 67.5 Å². The average molecular weight is 593 g/mol. The summed E-state index contributed by atoms with van der Waals surface area (Å²) in [4.78, 5) is 28.3. The van der Waals surface area contributed by atoms with Gasteiger partial charge in [-0.2, -0.15) is 0 Å². The van der Waals surface area contributed by atoms with Gasteiger partial charge in [0.05, 0.1) is 24.1 Å². The molecule has 6 N–H and O–H groups in total. The number of benzene rings is 3. The summed E-state index contributed by atoms with van der Waals surface area (Å²) in [5.74, 6) is -1.30. The number of nitrogens with one attached hydrogen (secondary N) is 1. The number of hydrogen-bond donors (Lipinski definition) is 6. The monoisotopic (exact) mass is 592 g/mol. The zero-order chi connectivity index (χ0) is 31.5. The maximum absolute atomic E-state index is 14.2. The molecule has 0 saturated carbocycles. The number of alkyl carbamates (subject to hydrolysis) is 1. The Hall–Kier alpha value is -4.12. The van der Waals surface area contributed by atoms with Crippen molar-refractivity contribution in [1.82, 2.24) is 10.2 Å². The minimum absolute atomic E-state index is 0.00363. The highest BCUT2D eigenvalue weighted by Gasteiger charge is 2.44. The van der Waals surface area contributed by atoms with Crippen LogP contribution in [0.3, 0.4) is 0 Å². The Balaban J connectivity index is 1.64. The summed E-state index contributed by atoms with van der Waals surface area (Å²) in [6.45, 7) is 5.17. The molecule has 3 aromatic carbocycles. The normalized spacial score (nSPS) is 20.0. The summed E-state index contributed by atoms with van der Waals surface area (Å²) in [5.41, 5.74) is 1.61. The number of hydrogen-bond acceptors (Lipinski definition) is 8. The first kappa shape index (κ1) is 31.8. The summed E-state index contributed by atoms with van der Waals surface area (Å²) in [6, 6.07) is 17.7. The van der Waals surface area contributed by atoms with Crippen LogP contribution < -0.4 is 5.32 Å². The molecule has 0 radical (unpaired) electrons. The first-order chi connectivity index (χ1) is 20.2. The Morgan fingerprint density at radius 3 is 2.05 bits per heavy atom. The van der Waals surface area contributed by atoms with E-state index in [1.165, 1.54) is 36.2 Å². The fourth-order valence-corrected chi connectivity index (χ4v) is 5.53. The lowest BCUT2D eigenvalue weighted by atomic mass is 9.87. The number of carbonyl (C=O) groups is 2. The molecule has 43 heavy (non-hydrogen) atoms. The van der Waals surface area contributed by atoms with Crippen molar-refractivity contribution in [2.24, 2.45) is 0 Å². The number of phenolic OH excluding ortho intramolecular Hbond substituents is 2. The molecule has 0 aliphatic heterocycles. The van der Waals surface area contributed by atoms with Gasteiger partial charge < -0.3 is 40.5 Å². The number of aliphatic hydroxyl groups is 3. The quantitative estimate of drug-likeness (QED) is 0.220. The molecule has 0 saturated heterocycles. The number of carbonyl (C=O) groups excluding carboxylic acids is 2. The number of aliphatic hydroxyl groups excluding tert-OH is 3. The van der Waals surface area contributed by atoms with Gasteiger partial charge in [-0.1, -0.05) is 48.5 Å². The predicted octanol–water partition coefficient (Wildman–Crippen LogP) is 3.68. The van der Waals surface area contributed by atoms with Crippen LogP contribution >= 0.6 is 0 Å². The molecule has 0 unspecified atom stereocenters. The molecule has 1 aliphatic rings. The highest BCUT2D eigenvalue weighted by molar-refractivity contribution is 5.84. The third-order valence-corrected chi connectivity index (χ3v) is 7.67. The molecule has 230 valence electrons. The SMILES string of the molecule is CN(C(=O)[C@H](C[C@H](O)[C@H](Cc1ccc(O)cc1)NC(=O)OC(C)(C)C)c1ccc(O)cc1)[C@H]1c2ccccc2[C@@H](O)[C@H]1O. The number of nitrogens with zero attached hydrogens (tertiary/aromatic N) is 1. The molecule has 0 spiro atoms. The minimum Gasteiger partial charge on any atom is -0.508 e. The standard InChI is InChI=1S/C33H40N2O8/c1-33(2,3)43-32(42)34-26(17-19-9-13-21(36)14-10-19)27(38)18-25(20-11-15-22(37)16-12-20)31(41)35(4)28-23-7-5-6-8-24(23)29(39)30(28)40/h5-16,25-30,36-40H,17-18H2,1-4H3,(H,34,42)/t25-,26+,27+,28+,29-,30+/m1/s1. The van der Waals surface area contributed by atoms with Gasteiger partial charge in [0.1, 0.15) is 29.3 Å². The summed E-state index contributed by atoms with van der Waals surface area (Å²) in [5, 5.41) is 55.5. The van der Waals surface area contributed by atoms with Gasteiger partial charge in [0.2, 0.25) is 5.91 Å². The number of likely N-dealkylation sites (N-methyl/N-ethyl adjacent to an activating group) is 1. The highest BCUT2D eigenvalue weighted by atomic mass is 16.6. The molecular formula is C33H40N2O8. The molecule has 0 heterocycles. The molecule has 0 fully saturated rings. The van der Waals surface area contributed by atoms with E-state index in [-0.39, 0.29) is 24.3 Å². The van der Waals surface area contributed by atoms with E-state index >= 15 is 0 Å². The van der Waals surface area contributed by atoms with E-state index in [4.69, 9.17) is 4.74 Å². The molecule has 3 aromatic rings. The first-order valence-electron chi connectivity index (χ1n) is 14.2. The lowest BCUT2D eigenvalue weighted by Gasteiger charge is -2.34. The van der Waals surface area contributed by atoms with E-state index in [2.05, 4.69) is 5.32 Å². The van der Waals surface area contributed by atoms with Gasteiger partial charge in [-0.05, 0) is 80.1 Å². The number of aromatic hydroxyl groups is 2. The van der Waals surface area contributed by atoms with Crippen molar-refractivity contribution in [3.8, 4) is 11.5 Å². The summed E-state index contributed by atoms with van der Waals surface area (Å²) < 4.78 is 5.43. The van der Waals surface area contributed by atoms with Crippen LogP contribution in [0.25, 0.3) is 0 Å². The third kappa shape index (κ3) is 7.64. The molecule has 10 nitrogen and oxygen atoms in total. The van der Waals surface area contributed by atoms with Crippen LogP contribution in [0.15, 0.2) is 72.8 Å². The van der Waals surface area contributed by atoms with Gasteiger partial charge in [-0.25, -0.2) is 4.79 Å². The summed E-state index contributed by atoms with van der Waals surface area (Å²) in [6.07, 6.45) is -4.36. The molecule has 6 atom stereocenters. The first-order valence-corrected chi connectivity index (χ1v) is 14.2. The van der Waals surface area contributed by atoms with Crippen LogP contribution in [0.5, 0.6) is 11.5 Å². The second-order valence-electron chi connectivity index (χ2n) is 12.0. The van der Waals surface area contributed by atoms with Gasteiger partial charge in [0.15, 0.2) is 0 Å². The van der Waals surface area contributed by atoms with E-state index in [1.54, 1.807) is 69.3 Å². The lowest BCUT2D eigenvalue weighted by molar-refractivity contribution is -0.138. The Labute approximate surface area is 251 Å². The zero-order valence-electron chi connectivity index (χ0n) is 24.7. The number of rotatable bonds is 9. The fraction of sp³-hybridized carbons (Fsp3) is 0.394. The fourth-order valence-electron chi connectivity index (χ4n) is 5.53. The molecular weight excluding hydrogens is 552 g/mol. The van der Waals surface area contributed by atoms with E-state index in [9.17, 15) is 35.1 Å². The molecule has 10 heteroatoms.